The van der Waals surface area contributed by atoms with Gasteiger partial charge in [0.25, 0.3) is 0 Å². The molecule has 4 heteroatoms. The van der Waals surface area contributed by atoms with E-state index in [2.05, 4.69) is 11.0 Å². The summed E-state index contributed by atoms with van der Waals surface area (Å²) in [5, 5.41) is 8.82. The molecule has 1 fully saturated rings. The van der Waals surface area contributed by atoms with Gasteiger partial charge in [-0.3, -0.25) is 4.90 Å². The summed E-state index contributed by atoms with van der Waals surface area (Å²) < 4.78 is 10.2. The molecule has 1 rings (SSSR count). The van der Waals surface area contributed by atoms with E-state index in [-0.39, 0.29) is 6.04 Å². The van der Waals surface area contributed by atoms with E-state index < -0.39 is 0 Å². The Morgan fingerprint density at radius 3 is 3.23 bits per heavy atom. The number of methoxy groups -OCH3 is 1. The molecular formula is C9H16N2O2. The third kappa shape index (κ3) is 3.31. The quantitative estimate of drug-likeness (QED) is 0.587. The van der Waals surface area contributed by atoms with Crippen molar-refractivity contribution in [2.75, 3.05) is 40.0 Å². The summed E-state index contributed by atoms with van der Waals surface area (Å²) in [6, 6.07) is 2.18. The van der Waals surface area contributed by atoms with Gasteiger partial charge >= 0.3 is 0 Å². The highest BCUT2D eigenvalue weighted by molar-refractivity contribution is 4.93. The van der Waals surface area contributed by atoms with Crippen LogP contribution in [0.25, 0.3) is 0 Å². The Balaban J connectivity index is 2.24. The summed E-state index contributed by atoms with van der Waals surface area (Å²) >= 11 is 0. The molecule has 13 heavy (non-hydrogen) atoms. The molecule has 0 saturated carbocycles. The molecule has 0 aliphatic carbocycles. The molecule has 0 bridgehead atoms. The minimum Gasteiger partial charge on any atom is -0.385 e. The van der Waals surface area contributed by atoms with Crippen LogP contribution in [0.1, 0.15) is 6.42 Å². The zero-order valence-electron chi connectivity index (χ0n) is 8.03. The van der Waals surface area contributed by atoms with Crippen LogP contribution < -0.4 is 0 Å². The Morgan fingerprint density at radius 1 is 1.69 bits per heavy atom. The SMILES string of the molecule is COCCCN1CCOCC1C#N. The van der Waals surface area contributed by atoms with Crippen LogP contribution in [-0.4, -0.2) is 51.0 Å². The topological polar surface area (TPSA) is 45.5 Å². The molecule has 0 amide bonds. The second kappa shape index (κ2) is 5.92. The number of rotatable bonds is 4. The lowest BCUT2D eigenvalue weighted by Crippen LogP contribution is -2.45. The smallest absolute Gasteiger partial charge is 0.121 e. The number of hydrogen-bond acceptors (Lipinski definition) is 4. The monoisotopic (exact) mass is 184 g/mol. The first kappa shape index (κ1) is 10.5. The zero-order valence-corrected chi connectivity index (χ0v) is 8.03. The molecule has 0 aromatic carbocycles. The predicted molar refractivity (Wildman–Crippen MR) is 48.3 cm³/mol. The van der Waals surface area contributed by atoms with Crippen LogP contribution >= 0.6 is 0 Å². The fraction of sp³-hybridized carbons (Fsp3) is 0.889. The molecule has 1 heterocycles. The molecule has 1 aliphatic heterocycles. The second-order valence-electron chi connectivity index (χ2n) is 3.10. The number of nitrogens with zero attached hydrogens (tertiary/aromatic N) is 2. The third-order valence-corrected chi connectivity index (χ3v) is 2.18. The fourth-order valence-electron chi connectivity index (χ4n) is 1.44. The van der Waals surface area contributed by atoms with Crippen molar-refractivity contribution in [1.82, 2.24) is 4.90 Å². The van der Waals surface area contributed by atoms with Gasteiger partial charge in [0.1, 0.15) is 6.04 Å². The molecular weight excluding hydrogens is 168 g/mol. The molecule has 4 nitrogen and oxygen atoms in total. The second-order valence-corrected chi connectivity index (χ2v) is 3.10. The van der Waals surface area contributed by atoms with Gasteiger partial charge < -0.3 is 9.47 Å². The number of nitriles is 1. The van der Waals surface area contributed by atoms with E-state index in [1.54, 1.807) is 7.11 Å². The summed E-state index contributed by atoms with van der Waals surface area (Å²) in [5.41, 5.74) is 0. The molecule has 0 spiro atoms. The van der Waals surface area contributed by atoms with Gasteiger partial charge in [-0.2, -0.15) is 5.26 Å². The van der Waals surface area contributed by atoms with Gasteiger partial charge in [0, 0.05) is 26.8 Å². The highest BCUT2D eigenvalue weighted by Crippen LogP contribution is 2.06. The van der Waals surface area contributed by atoms with Crippen molar-refractivity contribution in [3.8, 4) is 6.07 Å². The molecule has 0 N–H and O–H groups in total. The van der Waals surface area contributed by atoms with E-state index in [0.29, 0.717) is 6.61 Å². The highest BCUT2D eigenvalue weighted by Gasteiger charge is 2.21. The maximum atomic E-state index is 8.82. The van der Waals surface area contributed by atoms with Crippen molar-refractivity contribution >= 4 is 0 Å². The maximum Gasteiger partial charge on any atom is 0.121 e. The van der Waals surface area contributed by atoms with Crippen LogP contribution in [0.3, 0.4) is 0 Å². The van der Waals surface area contributed by atoms with E-state index >= 15 is 0 Å². The lowest BCUT2D eigenvalue weighted by atomic mass is 10.2. The first-order valence-electron chi connectivity index (χ1n) is 4.59. The predicted octanol–water partition coefficient (Wildman–Crippen LogP) is 0.247. The molecule has 0 aromatic rings. The van der Waals surface area contributed by atoms with Gasteiger partial charge in [-0.05, 0) is 6.42 Å². The lowest BCUT2D eigenvalue weighted by molar-refractivity contribution is 0.00959. The summed E-state index contributed by atoms with van der Waals surface area (Å²) in [4.78, 5) is 2.16. The summed E-state index contributed by atoms with van der Waals surface area (Å²) in [6.07, 6.45) is 0.981. The van der Waals surface area contributed by atoms with Crippen LogP contribution in [0.2, 0.25) is 0 Å². The normalized spacial score (nSPS) is 24.2. The van der Waals surface area contributed by atoms with Crippen LogP contribution in [0.4, 0.5) is 0 Å². The lowest BCUT2D eigenvalue weighted by Gasteiger charge is -2.30. The standard InChI is InChI=1S/C9H16N2O2/c1-12-5-2-3-11-4-6-13-8-9(11)7-10/h9H,2-6,8H2,1H3. The Hall–Kier alpha value is -0.630. The molecule has 1 saturated heterocycles. The van der Waals surface area contributed by atoms with E-state index in [4.69, 9.17) is 14.7 Å². The van der Waals surface area contributed by atoms with E-state index in [1.165, 1.54) is 0 Å². The van der Waals surface area contributed by atoms with Crippen molar-refractivity contribution in [3.63, 3.8) is 0 Å². The molecule has 0 radical (unpaired) electrons. The van der Waals surface area contributed by atoms with Crippen LogP contribution in [-0.2, 0) is 9.47 Å². The average molecular weight is 184 g/mol. The number of ether oxygens (including phenoxy) is 2. The Kier molecular flexibility index (Phi) is 4.76. The Morgan fingerprint density at radius 2 is 2.54 bits per heavy atom. The van der Waals surface area contributed by atoms with Gasteiger partial charge in [-0.15, -0.1) is 0 Å². The maximum absolute atomic E-state index is 8.82. The molecule has 1 unspecified atom stereocenters. The number of hydrogen-bond donors (Lipinski definition) is 0. The molecule has 1 atom stereocenters. The minimum absolute atomic E-state index is 0.0643. The van der Waals surface area contributed by atoms with E-state index in [0.717, 1.165) is 32.7 Å². The molecule has 1 aliphatic rings. The van der Waals surface area contributed by atoms with Gasteiger partial charge in [0.15, 0.2) is 0 Å². The Labute approximate surface area is 79.0 Å². The van der Waals surface area contributed by atoms with Crippen molar-refractivity contribution in [3.05, 3.63) is 0 Å². The van der Waals surface area contributed by atoms with Crippen LogP contribution in [0.5, 0.6) is 0 Å². The van der Waals surface area contributed by atoms with Crippen molar-refractivity contribution in [2.45, 2.75) is 12.5 Å². The van der Waals surface area contributed by atoms with Gasteiger partial charge in [0.05, 0.1) is 19.3 Å². The van der Waals surface area contributed by atoms with Gasteiger partial charge in [-0.1, -0.05) is 0 Å². The van der Waals surface area contributed by atoms with Gasteiger partial charge in [-0.25, -0.2) is 0 Å². The van der Waals surface area contributed by atoms with Crippen LogP contribution in [0.15, 0.2) is 0 Å². The largest absolute Gasteiger partial charge is 0.385 e. The minimum atomic E-state index is -0.0643. The Bertz CT molecular complexity index is 179. The molecule has 0 aromatic heterocycles. The first-order valence-corrected chi connectivity index (χ1v) is 4.59. The summed E-state index contributed by atoms with van der Waals surface area (Å²) in [7, 11) is 1.70. The zero-order chi connectivity index (χ0) is 9.52. The van der Waals surface area contributed by atoms with E-state index in [1.807, 2.05) is 0 Å². The first-order chi connectivity index (χ1) is 6.38. The molecule has 74 valence electrons. The van der Waals surface area contributed by atoms with Crippen molar-refractivity contribution in [1.29, 1.82) is 5.26 Å². The highest BCUT2D eigenvalue weighted by atomic mass is 16.5. The fourth-order valence-corrected chi connectivity index (χ4v) is 1.44. The van der Waals surface area contributed by atoms with Crippen molar-refractivity contribution in [2.24, 2.45) is 0 Å². The number of morpholine rings is 1. The average Bonchev–Trinajstić information content (AvgIpc) is 2.19. The summed E-state index contributed by atoms with van der Waals surface area (Å²) in [6.45, 7) is 3.83. The van der Waals surface area contributed by atoms with Crippen molar-refractivity contribution < 1.29 is 9.47 Å². The van der Waals surface area contributed by atoms with Crippen LogP contribution in [0, 0.1) is 11.3 Å². The van der Waals surface area contributed by atoms with E-state index in [9.17, 15) is 0 Å². The summed E-state index contributed by atoms with van der Waals surface area (Å²) in [5.74, 6) is 0. The van der Waals surface area contributed by atoms with Gasteiger partial charge in [0.2, 0.25) is 0 Å². The third-order valence-electron chi connectivity index (χ3n) is 2.18.